The Morgan fingerprint density at radius 2 is 2.09 bits per heavy atom. The number of halogens is 1. The quantitative estimate of drug-likeness (QED) is 0.406. The van der Waals surface area contributed by atoms with Gasteiger partial charge < -0.3 is 16.0 Å². The maximum absolute atomic E-state index is 13.2. The van der Waals surface area contributed by atoms with E-state index in [0.29, 0.717) is 23.9 Å². The summed E-state index contributed by atoms with van der Waals surface area (Å²) in [6.45, 7) is 1.90. The number of aromatic nitrogens is 6. The number of hydrogen-bond acceptors (Lipinski definition) is 7. The molecule has 5 rings (SSSR count). The number of amides is 1. The lowest BCUT2D eigenvalue weighted by Crippen LogP contribution is -2.27. The number of aryl methyl sites for hydroxylation is 2. The highest BCUT2D eigenvalue weighted by molar-refractivity contribution is 6.00. The van der Waals surface area contributed by atoms with Gasteiger partial charge in [0.15, 0.2) is 11.5 Å². The zero-order valence-corrected chi connectivity index (χ0v) is 18.2. The molecule has 4 heterocycles. The van der Waals surface area contributed by atoms with Crippen molar-refractivity contribution in [2.24, 2.45) is 7.05 Å². The molecule has 4 aromatic heterocycles. The predicted molar refractivity (Wildman–Crippen MR) is 120 cm³/mol. The lowest BCUT2D eigenvalue weighted by Gasteiger charge is -2.11. The van der Waals surface area contributed by atoms with Gasteiger partial charge in [0, 0.05) is 44.5 Å². The van der Waals surface area contributed by atoms with Crippen molar-refractivity contribution in [2.75, 3.05) is 17.7 Å². The third kappa shape index (κ3) is 3.69. The Hall–Kier alpha value is -4.22. The number of nitrogens with zero attached hydrogens (tertiary/aromatic N) is 6. The molecular weight excluding hydrogens is 429 g/mol. The molecule has 1 aliphatic carbocycles. The summed E-state index contributed by atoms with van der Waals surface area (Å²) in [5.41, 5.74) is 1.37. The van der Waals surface area contributed by atoms with E-state index in [9.17, 15) is 14.0 Å². The molecule has 0 aliphatic heterocycles. The highest BCUT2D eigenvalue weighted by Crippen LogP contribution is 2.26. The molecule has 0 saturated heterocycles. The van der Waals surface area contributed by atoms with Crippen molar-refractivity contribution in [2.45, 2.75) is 25.6 Å². The molecule has 2 atom stereocenters. The van der Waals surface area contributed by atoms with Gasteiger partial charge in [-0.05, 0) is 19.1 Å². The molecule has 1 aliphatic rings. The SMILES string of the molecule is CNc1cc(Nc2cccn(-c3cc(C)n(C)n3)c2=O)nc2c(C(=O)N[C@H]3C[C@H]3F)cnn12. The Bertz CT molecular complexity index is 1420. The number of fused-ring (bicyclic) bond motifs is 1. The zero-order valence-electron chi connectivity index (χ0n) is 18.2. The minimum Gasteiger partial charge on any atom is -0.373 e. The average Bonchev–Trinajstić information content (AvgIpc) is 3.16. The summed E-state index contributed by atoms with van der Waals surface area (Å²) >= 11 is 0. The van der Waals surface area contributed by atoms with E-state index in [4.69, 9.17) is 0 Å². The van der Waals surface area contributed by atoms with Crippen molar-refractivity contribution in [3.8, 4) is 5.82 Å². The summed E-state index contributed by atoms with van der Waals surface area (Å²) in [6.07, 6.45) is 2.32. The van der Waals surface area contributed by atoms with Crippen LogP contribution in [0.25, 0.3) is 11.5 Å². The van der Waals surface area contributed by atoms with Crippen LogP contribution in [0.1, 0.15) is 22.5 Å². The number of nitrogens with one attached hydrogen (secondary N) is 3. The Morgan fingerprint density at radius 3 is 2.76 bits per heavy atom. The maximum atomic E-state index is 13.2. The van der Waals surface area contributed by atoms with Crippen molar-refractivity contribution in [3.05, 3.63) is 58.3 Å². The van der Waals surface area contributed by atoms with Gasteiger partial charge in [-0.15, -0.1) is 0 Å². The molecule has 33 heavy (non-hydrogen) atoms. The Balaban J connectivity index is 1.51. The Kier molecular flexibility index (Phi) is 4.84. The number of pyridine rings is 1. The van der Waals surface area contributed by atoms with Crippen LogP contribution in [0.15, 0.2) is 41.5 Å². The molecule has 0 radical (unpaired) electrons. The fourth-order valence-corrected chi connectivity index (χ4v) is 3.49. The number of anilines is 3. The van der Waals surface area contributed by atoms with E-state index in [2.05, 4.69) is 31.1 Å². The number of carbonyl (C=O) groups excluding carboxylic acids is 1. The largest absolute Gasteiger partial charge is 0.373 e. The normalized spacial score (nSPS) is 17.2. The standard InChI is InChI=1S/C21H22FN9O2/c1-11-7-18(28-29(11)3)30-6-4-5-14(21(30)33)25-16-9-17(23-2)31-19(27-16)12(10-24-31)20(32)26-15-8-13(15)22/h4-7,9-10,13,15,23H,8H2,1-3H3,(H,25,27)(H,26,32)/t13-,15+/m1/s1. The number of rotatable bonds is 6. The minimum atomic E-state index is -1.02. The highest BCUT2D eigenvalue weighted by Gasteiger charge is 2.39. The van der Waals surface area contributed by atoms with E-state index in [-0.39, 0.29) is 22.5 Å². The number of carbonyl (C=O) groups is 1. The second-order valence-electron chi connectivity index (χ2n) is 7.89. The van der Waals surface area contributed by atoms with Crippen LogP contribution in [0, 0.1) is 6.92 Å². The molecule has 12 heteroatoms. The van der Waals surface area contributed by atoms with E-state index in [1.54, 1.807) is 43.2 Å². The molecule has 1 saturated carbocycles. The van der Waals surface area contributed by atoms with Gasteiger partial charge in [0.1, 0.15) is 29.1 Å². The predicted octanol–water partition coefficient (Wildman–Crippen LogP) is 1.55. The Labute approximate surface area is 187 Å². The molecule has 0 unspecified atom stereocenters. The van der Waals surface area contributed by atoms with Gasteiger partial charge in [-0.2, -0.15) is 14.7 Å². The van der Waals surface area contributed by atoms with Gasteiger partial charge in [0.2, 0.25) is 0 Å². The van der Waals surface area contributed by atoms with Crippen LogP contribution < -0.4 is 21.5 Å². The van der Waals surface area contributed by atoms with Crippen molar-refractivity contribution in [1.29, 1.82) is 0 Å². The van der Waals surface area contributed by atoms with E-state index in [1.165, 1.54) is 15.3 Å². The third-order valence-electron chi connectivity index (χ3n) is 5.56. The number of alkyl halides is 1. The van der Waals surface area contributed by atoms with Crippen LogP contribution >= 0.6 is 0 Å². The van der Waals surface area contributed by atoms with E-state index in [1.807, 2.05) is 13.0 Å². The summed E-state index contributed by atoms with van der Waals surface area (Å²) < 4.78 is 17.8. The highest BCUT2D eigenvalue weighted by atomic mass is 19.1. The van der Waals surface area contributed by atoms with E-state index < -0.39 is 18.1 Å². The lowest BCUT2D eigenvalue weighted by molar-refractivity contribution is 0.0949. The van der Waals surface area contributed by atoms with Crippen molar-refractivity contribution in [1.82, 2.24) is 34.3 Å². The summed E-state index contributed by atoms with van der Waals surface area (Å²) in [6, 6.07) is 6.37. The van der Waals surface area contributed by atoms with Gasteiger partial charge in [0.25, 0.3) is 11.5 Å². The molecule has 4 aromatic rings. The zero-order chi connectivity index (χ0) is 23.3. The summed E-state index contributed by atoms with van der Waals surface area (Å²) in [7, 11) is 3.51. The van der Waals surface area contributed by atoms with Crippen LogP contribution in [0.2, 0.25) is 0 Å². The first kappa shape index (κ1) is 20.7. The summed E-state index contributed by atoms with van der Waals surface area (Å²) in [4.78, 5) is 30.2. The van der Waals surface area contributed by atoms with Crippen LogP contribution in [0.5, 0.6) is 0 Å². The molecule has 0 aromatic carbocycles. The van der Waals surface area contributed by atoms with Gasteiger partial charge in [0.05, 0.1) is 12.2 Å². The average molecular weight is 451 g/mol. The van der Waals surface area contributed by atoms with Crippen molar-refractivity contribution < 1.29 is 9.18 Å². The molecule has 11 nitrogen and oxygen atoms in total. The first-order valence-corrected chi connectivity index (χ1v) is 10.4. The van der Waals surface area contributed by atoms with Gasteiger partial charge >= 0.3 is 0 Å². The smallest absolute Gasteiger partial charge is 0.280 e. The molecule has 170 valence electrons. The van der Waals surface area contributed by atoms with Gasteiger partial charge in [-0.1, -0.05) is 0 Å². The van der Waals surface area contributed by atoms with Crippen LogP contribution in [-0.4, -0.2) is 54.1 Å². The van der Waals surface area contributed by atoms with Gasteiger partial charge in [-0.3, -0.25) is 18.8 Å². The molecule has 3 N–H and O–H groups in total. The first-order chi connectivity index (χ1) is 15.9. The fourth-order valence-electron chi connectivity index (χ4n) is 3.49. The van der Waals surface area contributed by atoms with Crippen LogP contribution in [-0.2, 0) is 7.05 Å². The first-order valence-electron chi connectivity index (χ1n) is 10.4. The minimum absolute atomic E-state index is 0.212. The third-order valence-corrected chi connectivity index (χ3v) is 5.56. The molecule has 0 bridgehead atoms. The van der Waals surface area contributed by atoms with Crippen molar-refractivity contribution >= 4 is 28.9 Å². The molecular formula is C21H22FN9O2. The monoisotopic (exact) mass is 451 g/mol. The topological polar surface area (TPSA) is 123 Å². The molecule has 1 fully saturated rings. The van der Waals surface area contributed by atoms with Crippen LogP contribution in [0.3, 0.4) is 0 Å². The van der Waals surface area contributed by atoms with Crippen LogP contribution in [0.4, 0.5) is 21.7 Å². The van der Waals surface area contributed by atoms with Crippen molar-refractivity contribution in [3.63, 3.8) is 0 Å². The molecule has 0 spiro atoms. The fraction of sp³-hybridized carbons (Fsp3) is 0.286. The Morgan fingerprint density at radius 1 is 1.30 bits per heavy atom. The van der Waals surface area contributed by atoms with E-state index >= 15 is 0 Å². The summed E-state index contributed by atoms with van der Waals surface area (Å²) in [5.74, 6) is 0.939. The maximum Gasteiger partial charge on any atom is 0.280 e. The van der Waals surface area contributed by atoms with Gasteiger partial charge in [-0.25, -0.2) is 9.37 Å². The second kappa shape index (κ2) is 7.73. The molecule has 1 amide bonds. The second-order valence-corrected chi connectivity index (χ2v) is 7.89. The van der Waals surface area contributed by atoms with E-state index in [0.717, 1.165) is 5.69 Å². The lowest BCUT2D eigenvalue weighted by atomic mass is 10.3. The number of hydrogen-bond donors (Lipinski definition) is 3. The summed E-state index contributed by atoms with van der Waals surface area (Å²) in [5, 5.41) is 17.3.